The maximum Gasteiger partial charge on any atom is 0.306 e. The number of carboxylic acid groups (broad SMARTS) is 1. The summed E-state index contributed by atoms with van der Waals surface area (Å²) in [5, 5.41) is 10.8. The minimum absolute atomic E-state index is 0.0677. The summed E-state index contributed by atoms with van der Waals surface area (Å²) >= 11 is 8.12. The highest BCUT2D eigenvalue weighted by Crippen LogP contribution is 2.38. The van der Waals surface area contributed by atoms with Crippen molar-refractivity contribution in [3.05, 3.63) is 58.7 Å². The Morgan fingerprint density at radius 3 is 2.68 bits per heavy atom. The summed E-state index contributed by atoms with van der Waals surface area (Å²) < 4.78 is 5.75. The molecule has 1 fully saturated rings. The molecule has 0 amide bonds. The van der Waals surface area contributed by atoms with Crippen molar-refractivity contribution in [2.24, 2.45) is 5.92 Å². The number of ether oxygens (including phenoxy) is 1. The Kier molecular flexibility index (Phi) is 7.91. The predicted octanol–water partition coefficient (Wildman–Crippen LogP) is 6.78. The maximum absolute atomic E-state index is 11.3. The van der Waals surface area contributed by atoms with Crippen LogP contribution in [-0.4, -0.2) is 40.2 Å². The Hall–Kier alpha value is -2.41. The number of likely N-dealkylation sites (tertiary alicyclic amines) is 1. The van der Waals surface area contributed by atoms with E-state index in [4.69, 9.17) is 21.3 Å². The molecule has 0 saturated carbocycles. The van der Waals surface area contributed by atoms with Gasteiger partial charge in [0, 0.05) is 18.3 Å². The van der Waals surface area contributed by atoms with Crippen molar-refractivity contribution in [2.45, 2.75) is 52.7 Å². The Balaban J connectivity index is 1.54. The van der Waals surface area contributed by atoms with Gasteiger partial charge in [-0.05, 0) is 81.1 Å². The third-order valence-electron chi connectivity index (χ3n) is 6.27. The van der Waals surface area contributed by atoms with Crippen LogP contribution in [0.2, 0.25) is 5.02 Å². The second-order valence-electron chi connectivity index (χ2n) is 9.03. The maximum atomic E-state index is 11.3. The first-order chi connectivity index (χ1) is 16.4. The summed E-state index contributed by atoms with van der Waals surface area (Å²) in [5.41, 5.74) is 4.83. The number of hydrogen-bond acceptors (Lipinski definition) is 5. The van der Waals surface area contributed by atoms with Gasteiger partial charge in [0.15, 0.2) is 0 Å². The molecule has 1 aromatic heterocycles. The van der Waals surface area contributed by atoms with Gasteiger partial charge in [0.2, 0.25) is 0 Å². The summed E-state index contributed by atoms with van der Waals surface area (Å²) in [5.74, 6) is -0.186. The van der Waals surface area contributed by atoms with Crippen molar-refractivity contribution in [3.63, 3.8) is 0 Å². The Morgan fingerprint density at radius 1 is 1.26 bits per heavy atom. The number of aromatic nitrogens is 1. The molecule has 0 atom stereocenters. The van der Waals surface area contributed by atoms with Crippen molar-refractivity contribution in [3.8, 4) is 26.8 Å². The van der Waals surface area contributed by atoms with Crippen molar-refractivity contribution in [1.82, 2.24) is 9.88 Å². The highest BCUT2D eigenvalue weighted by molar-refractivity contribution is 7.18. The number of aliphatic carboxylic acids is 1. The average Bonchev–Trinajstić information content (AvgIpc) is 3.30. The average molecular weight is 499 g/mol. The lowest BCUT2D eigenvalue weighted by atomic mass is 9.94. The van der Waals surface area contributed by atoms with Gasteiger partial charge in [0.25, 0.3) is 0 Å². The van der Waals surface area contributed by atoms with Gasteiger partial charge in [-0.25, -0.2) is 4.98 Å². The van der Waals surface area contributed by atoms with Gasteiger partial charge in [-0.2, -0.15) is 0 Å². The van der Waals surface area contributed by atoms with Crippen LogP contribution >= 0.6 is 22.9 Å². The number of benzene rings is 2. The van der Waals surface area contributed by atoms with Crippen molar-refractivity contribution in [2.75, 3.05) is 13.1 Å². The van der Waals surface area contributed by atoms with E-state index in [2.05, 4.69) is 30.0 Å². The fourth-order valence-electron chi connectivity index (χ4n) is 4.53. The molecule has 4 rings (SSSR count). The molecule has 0 aliphatic carbocycles. The lowest BCUT2D eigenvalue weighted by molar-refractivity contribution is -0.143. The first-order valence-electron chi connectivity index (χ1n) is 11.8. The van der Waals surface area contributed by atoms with E-state index in [0.29, 0.717) is 10.8 Å². The molecule has 1 aliphatic heterocycles. The molecule has 7 heteroatoms. The van der Waals surface area contributed by atoms with Gasteiger partial charge < -0.3 is 9.84 Å². The van der Waals surface area contributed by atoms with Gasteiger partial charge in [0.05, 0.1) is 21.9 Å². The Bertz CT molecular complexity index is 1150. The zero-order valence-corrected chi connectivity index (χ0v) is 21.5. The minimum Gasteiger partial charge on any atom is -0.489 e. The smallest absolute Gasteiger partial charge is 0.306 e. The highest BCUT2D eigenvalue weighted by Gasteiger charge is 2.25. The number of carbonyl (C=O) groups is 1. The van der Waals surface area contributed by atoms with E-state index in [1.807, 2.05) is 38.2 Å². The van der Waals surface area contributed by atoms with Crippen molar-refractivity contribution >= 4 is 28.9 Å². The SMILES string of the molecule is CCc1c(CN2CCC(C(=O)O)CC2)cccc1-c1cnc(-c2ccc(OC(C)C)c(Cl)c2)s1. The van der Waals surface area contributed by atoms with Crippen molar-refractivity contribution < 1.29 is 14.6 Å². The molecule has 2 heterocycles. The third-order valence-corrected chi connectivity index (χ3v) is 7.65. The topological polar surface area (TPSA) is 62.7 Å². The van der Waals surface area contributed by atoms with Gasteiger partial charge in [0.1, 0.15) is 10.8 Å². The Labute approximate surface area is 210 Å². The van der Waals surface area contributed by atoms with Gasteiger partial charge in [-0.3, -0.25) is 9.69 Å². The molecule has 1 aliphatic rings. The fourth-order valence-corrected chi connectivity index (χ4v) is 5.72. The predicted molar refractivity (Wildman–Crippen MR) is 139 cm³/mol. The molecule has 1 saturated heterocycles. The number of thiazole rings is 1. The molecule has 1 N–H and O–H groups in total. The van der Waals surface area contributed by atoms with Crippen LogP contribution in [0, 0.1) is 5.92 Å². The second-order valence-corrected chi connectivity index (χ2v) is 10.5. The van der Waals surface area contributed by atoms with E-state index < -0.39 is 5.97 Å². The molecule has 0 spiro atoms. The zero-order chi connectivity index (χ0) is 24.2. The number of piperidine rings is 1. The molecule has 5 nitrogen and oxygen atoms in total. The van der Waals surface area contributed by atoms with Crippen LogP contribution in [0.25, 0.3) is 21.0 Å². The summed E-state index contributed by atoms with van der Waals surface area (Å²) in [7, 11) is 0. The van der Waals surface area contributed by atoms with E-state index in [1.165, 1.54) is 16.7 Å². The Morgan fingerprint density at radius 2 is 2.03 bits per heavy atom. The second kappa shape index (κ2) is 10.9. The summed E-state index contributed by atoms with van der Waals surface area (Å²) in [4.78, 5) is 19.5. The molecule has 2 aromatic carbocycles. The van der Waals surface area contributed by atoms with Gasteiger partial charge in [-0.1, -0.05) is 36.7 Å². The first-order valence-corrected chi connectivity index (χ1v) is 13.0. The van der Waals surface area contributed by atoms with E-state index >= 15 is 0 Å². The van der Waals surface area contributed by atoms with Gasteiger partial charge in [-0.15, -0.1) is 11.3 Å². The van der Waals surface area contributed by atoms with Crippen LogP contribution in [0.1, 0.15) is 44.7 Å². The number of rotatable bonds is 8. The van der Waals surface area contributed by atoms with Crippen LogP contribution < -0.4 is 4.74 Å². The largest absolute Gasteiger partial charge is 0.489 e. The molecule has 3 aromatic rings. The van der Waals surface area contributed by atoms with Crippen LogP contribution in [0.5, 0.6) is 5.75 Å². The fraction of sp³-hybridized carbons (Fsp3) is 0.407. The minimum atomic E-state index is -0.666. The van der Waals surface area contributed by atoms with Gasteiger partial charge >= 0.3 is 5.97 Å². The zero-order valence-electron chi connectivity index (χ0n) is 19.9. The molecule has 34 heavy (non-hydrogen) atoms. The van der Waals surface area contributed by atoms with Crippen molar-refractivity contribution in [1.29, 1.82) is 0 Å². The summed E-state index contributed by atoms with van der Waals surface area (Å²) in [6.07, 6.45) is 4.38. The number of halogens is 1. The lowest BCUT2D eigenvalue weighted by Gasteiger charge is -2.30. The summed E-state index contributed by atoms with van der Waals surface area (Å²) in [6.45, 7) is 8.65. The van der Waals surface area contributed by atoms with E-state index in [-0.39, 0.29) is 12.0 Å². The quantitative estimate of drug-likeness (QED) is 0.371. The third kappa shape index (κ3) is 5.62. The standard InChI is InChI=1S/C27H31ClN2O3S/c1-4-21-20(16-30-12-10-18(11-13-30)27(31)32)6-5-7-22(21)25-15-29-26(34-25)19-8-9-24(23(28)14-19)33-17(2)3/h5-9,14-15,17-18H,4,10-13,16H2,1-3H3,(H,31,32). The summed E-state index contributed by atoms with van der Waals surface area (Å²) in [6, 6.07) is 12.3. The molecular formula is C27H31ClN2O3S. The number of hydrogen-bond donors (Lipinski definition) is 1. The first kappa shape index (κ1) is 24.7. The van der Waals surface area contributed by atoms with E-state index in [9.17, 15) is 9.90 Å². The van der Waals surface area contributed by atoms with Crippen LogP contribution in [0.15, 0.2) is 42.6 Å². The highest BCUT2D eigenvalue weighted by atomic mass is 35.5. The number of nitrogens with zero attached hydrogens (tertiary/aromatic N) is 2. The molecular weight excluding hydrogens is 468 g/mol. The monoisotopic (exact) mass is 498 g/mol. The van der Waals surface area contributed by atoms with E-state index in [1.54, 1.807) is 11.3 Å². The molecule has 0 radical (unpaired) electrons. The van der Waals surface area contributed by atoms with E-state index in [0.717, 1.165) is 54.3 Å². The van der Waals surface area contributed by atoms with Crippen LogP contribution in [0.3, 0.4) is 0 Å². The van der Waals surface area contributed by atoms with Crippen LogP contribution in [0.4, 0.5) is 0 Å². The molecule has 0 bridgehead atoms. The lowest BCUT2D eigenvalue weighted by Crippen LogP contribution is -2.36. The molecule has 180 valence electrons. The normalized spacial score (nSPS) is 15.1. The van der Waals surface area contributed by atoms with Crippen LogP contribution in [-0.2, 0) is 17.8 Å². The number of carboxylic acids is 1. The molecule has 0 unspecified atom stereocenters.